The molecule has 0 spiro atoms. The van der Waals surface area contributed by atoms with Gasteiger partial charge in [0.1, 0.15) is 6.17 Å². The minimum atomic E-state index is -0.649. The Morgan fingerprint density at radius 1 is 1.53 bits per heavy atom. The van der Waals surface area contributed by atoms with E-state index in [1.54, 1.807) is 0 Å². The fourth-order valence-corrected chi connectivity index (χ4v) is 3.34. The van der Waals surface area contributed by atoms with Gasteiger partial charge in [0, 0.05) is 25.0 Å². The monoisotopic (exact) mass is 211 g/mol. The SMILES string of the molecule is C=C1CCN2C[C@@H](F)CC12CC(C)(C)C. The highest BCUT2D eigenvalue weighted by Crippen LogP contribution is 2.48. The fraction of sp³-hybridized carbons (Fsp3) is 0.846. The molecule has 2 fully saturated rings. The van der Waals surface area contributed by atoms with Gasteiger partial charge in [-0.25, -0.2) is 4.39 Å². The molecule has 86 valence electrons. The quantitative estimate of drug-likeness (QED) is 0.602. The van der Waals surface area contributed by atoms with Crippen molar-refractivity contribution in [2.75, 3.05) is 13.1 Å². The summed E-state index contributed by atoms with van der Waals surface area (Å²) >= 11 is 0. The number of rotatable bonds is 1. The summed E-state index contributed by atoms with van der Waals surface area (Å²) in [5, 5.41) is 0. The highest BCUT2D eigenvalue weighted by molar-refractivity contribution is 5.27. The van der Waals surface area contributed by atoms with Gasteiger partial charge in [0.2, 0.25) is 0 Å². The van der Waals surface area contributed by atoms with E-state index in [1.807, 2.05) is 0 Å². The molecule has 15 heavy (non-hydrogen) atoms. The fourth-order valence-electron chi connectivity index (χ4n) is 3.34. The smallest absolute Gasteiger partial charge is 0.115 e. The highest BCUT2D eigenvalue weighted by atomic mass is 19.1. The van der Waals surface area contributed by atoms with Crippen molar-refractivity contribution in [1.82, 2.24) is 4.90 Å². The molecule has 2 aliphatic heterocycles. The van der Waals surface area contributed by atoms with Crippen LogP contribution in [0.5, 0.6) is 0 Å². The topological polar surface area (TPSA) is 3.24 Å². The van der Waals surface area contributed by atoms with Crippen LogP contribution in [0.25, 0.3) is 0 Å². The molecule has 1 unspecified atom stereocenters. The third-order valence-electron chi connectivity index (χ3n) is 3.75. The molecule has 0 radical (unpaired) electrons. The van der Waals surface area contributed by atoms with Gasteiger partial charge in [0.25, 0.3) is 0 Å². The van der Waals surface area contributed by atoms with Gasteiger partial charge in [-0.3, -0.25) is 4.90 Å². The first kappa shape index (κ1) is 11.1. The second-order valence-electron chi connectivity index (χ2n) is 6.37. The average Bonchev–Trinajstić information content (AvgIpc) is 2.47. The van der Waals surface area contributed by atoms with Crippen molar-refractivity contribution in [1.29, 1.82) is 0 Å². The minimum Gasteiger partial charge on any atom is -0.291 e. The molecule has 0 saturated carbocycles. The summed E-state index contributed by atoms with van der Waals surface area (Å²) in [5.41, 5.74) is 1.49. The summed E-state index contributed by atoms with van der Waals surface area (Å²) in [6.07, 6.45) is 2.12. The highest BCUT2D eigenvalue weighted by Gasteiger charge is 2.52. The van der Waals surface area contributed by atoms with Crippen LogP contribution in [0.3, 0.4) is 0 Å². The molecule has 1 nitrogen and oxygen atoms in total. The van der Waals surface area contributed by atoms with Crippen LogP contribution in [0.2, 0.25) is 0 Å². The van der Waals surface area contributed by atoms with E-state index in [-0.39, 0.29) is 11.0 Å². The maximum Gasteiger partial charge on any atom is 0.115 e. The van der Waals surface area contributed by atoms with Crippen LogP contribution < -0.4 is 0 Å². The molecule has 2 heteroatoms. The van der Waals surface area contributed by atoms with Crippen molar-refractivity contribution < 1.29 is 4.39 Å². The summed E-state index contributed by atoms with van der Waals surface area (Å²) in [5.74, 6) is 0. The molecule has 2 rings (SSSR count). The van der Waals surface area contributed by atoms with Gasteiger partial charge in [0.15, 0.2) is 0 Å². The second-order valence-corrected chi connectivity index (χ2v) is 6.37. The first-order valence-corrected chi connectivity index (χ1v) is 5.91. The number of hydrogen-bond donors (Lipinski definition) is 0. The van der Waals surface area contributed by atoms with Gasteiger partial charge < -0.3 is 0 Å². The van der Waals surface area contributed by atoms with Crippen molar-refractivity contribution >= 4 is 0 Å². The summed E-state index contributed by atoms with van der Waals surface area (Å²) < 4.78 is 13.6. The third-order valence-corrected chi connectivity index (χ3v) is 3.75. The lowest BCUT2D eigenvalue weighted by Gasteiger charge is -2.38. The first-order chi connectivity index (χ1) is 6.83. The Labute approximate surface area is 92.3 Å². The van der Waals surface area contributed by atoms with Gasteiger partial charge in [-0.2, -0.15) is 0 Å². The molecule has 0 N–H and O–H groups in total. The summed E-state index contributed by atoms with van der Waals surface area (Å²) in [6.45, 7) is 12.5. The Kier molecular flexibility index (Phi) is 2.45. The van der Waals surface area contributed by atoms with Crippen LogP contribution in [0.1, 0.15) is 40.0 Å². The first-order valence-electron chi connectivity index (χ1n) is 5.91. The zero-order chi connectivity index (χ0) is 11.3. The molecule has 0 aromatic heterocycles. The van der Waals surface area contributed by atoms with Gasteiger partial charge in [-0.05, 0) is 18.3 Å². The van der Waals surface area contributed by atoms with E-state index in [1.165, 1.54) is 5.57 Å². The average molecular weight is 211 g/mol. The second kappa shape index (κ2) is 3.31. The van der Waals surface area contributed by atoms with E-state index in [4.69, 9.17) is 0 Å². The van der Waals surface area contributed by atoms with Crippen molar-refractivity contribution in [3.8, 4) is 0 Å². The number of nitrogens with zero attached hydrogens (tertiary/aromatic N) is 1. The Bertz CT molecular complexity index is 279. The zero-order valence-electron chi connectivity index (χ0n) is 10.1. The van der Waals surface area contributed by atoms with E-state index >= 15 is 0 Å². The number of alkyl halides is 1. The van der Waals surface area contributed by atoms with Gasteiger partial charge in [0.05, 0.1) is 0 Å². The molecule has 2 saturated heterocycles. The van der Waals surface area contributed by atoms with E-state index in [0.717, 1.165) is 19.4 Å². The Balaban J connectivity index is 2.25. The van der Waals surface area contributed by atoms with E-state index in [9.17, 15) is 4.39 Å². The standard InChI is InChI=1S/C13H22FN/c1-10-5-6-15-8-11(14)7-13(10,15)9-12(2,3)4/h11H,1,5-9H2,2-4H3/t11-,13?/m0/s1. The Hall–Kier alpha value is -0.370. The molecule has 2 atom stereocenters. The van der Waals surface area contributed by atoms with Crippen LogP contribution >= 0.6 is 0 Å². The lowest BCUT2D eigenvalue weighted by molar-refractivity contribution is 0.155. The predicted octanol–water partition coefficient (Wildman–Crippen LogP) is 3.17. The molecule has 0 amide bonds. The van der Waals surface area contributed by atoms with Crippen LogP contribution in [0, 0.1) is 5.41 Å². The lowest BCUT2D eigenvalue weighted by Crippen LogP contribution is -2.42. The van der Waals surface area contributed by atoms with E-state index < -0.39 is 6.17 Å². The predicted molar refractivity (Wildman–Crippen MR) is 61.6 cm³/mol. The van der Waals surface area contributed by atoms with Gasteiger partial charge in [-0.1, -0.05) is 32.9 Å². The summed E-state index contributed by atoms with van der Waals surface area (Å²) in [4.78, 5) is 2.32. The van der Waals surface area contributed by atoms with E-state index in [0.29, 0.717) is 13.0 Å². The minimum absolute atomic E-state index is 0.0162. The molecule has 2 heterocycles. The van der Waals surface area contributed by atoms with Crippen molar-refractivity contribution in [3.05, 3.63) is 12.2 Å². The molecule has 2 aliphatic rings. The van der Waals surface area contributed by atoms with Crippen molar-refractivity contribution in [2.24, 2.45) is 5.41 Å². The lowest BCUT2D eigenvalue weighted by atomic mass is 9.75. The van der Waals surface area contributed by atoms with Gasteiger partial charge in [-0.15, -0.1) is 0 Å². The molecular formula is C13H22FN. The third kappa shape index (κ3) is 1.84. The molecule has 0 bridgehead atoms. The number of hydrogen-bond acceptors (Lipinski definition) is 1. The largest absolute Gasteiger partial charge is 0.291 e. The molecular weight excluding hydrogens is 189 g/mol. The van der Waals surface area contributed by atoms with Crippen LogP contribution in [-0.2, 0) is 0 Å². The van der Waals surface area contributed by atoms with Crippen LogP contribution in [-0.4, -0.2) is 29.7 Å². The van der Waals surface area contributed by atoms with Crippen LogP contribution in [0.4, 0.5) is 4.39 Å². The zero-order valence-corrected chi connectivity index (χ0v) is 10.1. The van der Waals surface area contributed by atoms with Crippen LogP contribution in [0.15, 0.2) is 12.2 Å². The van der Waals surface area contributed by atoms with Gasteiger partial charge >= 0.3 is 0 Å². The maximum absolute atomic E-state index is 13.6. The summed E-state index contributed by atoms with van der Waals surface area (Å²) in [6, 6.07) is 0. The molecule has 0 aromatic rings. The number of halogens is 1. The molecule has 0 aromatic carbocycles. The Morgan fingerprint density at radius 2 is 2.20 bits per heavy atom. The molecule has 0 aliphatic carbocycles. The van der Waals surface area contributed by atoms with Crippen molar-refractivity contribution in [2.45, 2.75) is 51.7 Å². The normalized spacial score (nSPS) is 37.3. The maximum atomic E-state index is 13.6. The van der Waals surface area contributed by atoms with Crippen molar-refractivity contribution in [3.63, 3.8) is 0 Å². The summed E-state index contributed by atoms with van der Waals surface area (Å²) in [7, 11) is 0. The van der Waals surface area contributed by atoms with E-state index in [2.05, 4.69) is 32.3 Å². The number of fused-ring (bicyclic) bond motifs is 1. The Morgan fingerprint density at radius 3 is 2.80 bits per heavy atom.